The second kappa shape index (κ2) is 8.63. The van der Waals surface area contributed by atoms with Gasteiger partial charge in [0.05, 0.1) is 23.8 Å². The van der Waals surface area contributed by atoms with E-state index in [0.29, 0.717) is 11.1 Å². The molecular formula is C25H28ClN7. The van der Waals surface area contributed by atoms with E-state index in [1.165, 1.54) is 0 Å². The van der Waals surface area contributed by atoms with E-state index in [0.717, 1.165) is 53.1 Å². The van der Waals surface area contributed by atoms with Crippen LogP contribution in [0.3, 0.4) is 0 Å². The first-order chi connectivity index (χ1) is 15.9. The topological polar surface area (TPSA) is 80.5 Å². The van der Waals surface area contributed by atoms with Gasteiger partial charge in [-0.2, -0.15) is 0 Å². The molecule has 2 heterocycles. The zero-order valence-corrected chi connectivity index (χ0v) is 19.8. The quantitative estimate of drug-likeness (QED) is 0.358. The molecule has 7 nitrogen and oxygen atoms in total. The van der Waals surface area contributed by atoms with E-state index in [9.17, 15) is 0 Å². The largest absolute Gasteiger partial charge is 0.373 e. The lowest BCUT2D eigenvalue weighted by Gasteiger charge is -2.21. The maximum Gasteiger partial charge on any atom is 0.137 e. The summed E-state index contributed by atoms with van der Waals surface area (Å²) >= 11 is 6.60. The first-order valence-electron chi connectivity index (χ1n) is 11.3. The number of benzene rings is 2. The average molecular weight is 462 g/mol. The van der Waals surface area contributed by atoms with Crippen molar-refractivity contribution in [3.63, 3.8) is 0 Å². The van der Waals surface area contributed by atoms with Gasteiger partial charge >= 0.3 is 0 Å². The summed E-state index contributed by atoms with van der Waals surface area (Å²) in [5, 5.41) is 17.6. The Hall–Kier alpha value is -3.19. The summed E-state index contributed by atoms with van der Waals surface area (Å²) in [5.74, 6) is 0.826. The van der Waals surface area contributed by atoms with Gasteiger partial charge in [0.25, 0.3) is 0 Å². The van der Waals surface area contributed by atoms with Crippen LogP contribution in [-0.4, -0.2) is 31.5 Å². The third kappa shape index (κ3) is 4.93. The number of fused-ring (bicyclic) bond motifs is 1. The third-order valence-electron chi connectivity index (χ3n) is 5.69. The molecule has 2 N–H and O–H groups in total. The molecule has 4 aromatic rings. The van der Waals surface area contributed by atoms with E-state index in [2.05, 4.69) is 57.8 Å². The molecule has 1 saturated carbocycles. The Balaban J connectivity index is 1.50. The highest BCUT2D eigenvalue weighted by molar-refractivity contribution is 6.31. The normalized spacial score (nSPS) is 14.9. The molecule has 5 rings (SSSR count). The van der Waals surface area contributed by atoms with Gasteiger partial charge in [0, 0.05) is 22.6 Å². The number of halogens is 1. The van der Waals surface area contributed by atoms with Crippen LogP contribution in [0.1, 0.15) is 57.0 Å². The molecule has 0 unspecified atom stereocenters. The fraction of sp³-hybridized carbons (Fsp3) is 0.360. The highest BCUT2D eigenvalue weighted by Crippen LogP contribution is 2.36. The fourth-order valence-corrected chi connectivity index (χ4v) is 4.01. The van der Waals surface area contributed by atoms with E-state index < -0.39 is 0 Å². The molecule has 170 valence electrons. The van der Waals surface area contributed by atoms with Crippen LogP contribution < -0.4 is 10.6 Å². The standard InChI is InChI=1S/C25H28ClN7/c1-25(2,3)14-27-24-19-12-16(8-11-21(19)28-15-29-24)30-23(18-6-4-5-7-20(18)26)22-13-33(32-31-22)17-9-10-17/h4-8,11-13,15,17,23,30H,9-10,14H2,1-3H3,(H,27,28,29)/t23-/m0/s1. The highest BCUT2D eigenvalue weighted by Gasteiger charge is 2.27. The van der Waals surface area contributed by atoms with Crippen molar-refractivity contribution in [1.29, 1.82) is 0 Å². The molecule has 0 spiro atoms. The molecule has 0 bridgehead atoms. The van der Waals surface area contributed by atoms with E-state index in [1.54, 1.807) is 6.33 Å². The molecule has 1 fully saturated rings. The maximum atomic E-state index is 6.60. The monoisotopic (exact) mass is 461 g/mol. The fourth-order valence-electron chi connectivity index (χ4n) is 3.76. The zero-order valence-electron chi connectivity index (χ0n) is 19.1. The lowest BCUT2D eigenvalue weighted by atomic mass is 9.97. The van der Waals surface area contributed by atoms with Gasteiger partial charge in [0.2, 0.25) is 0 Å². The summed E-state index contributed by atoms with van der Waals surface area (Å²) in [6.45, 7) is 7.39. The Morgan fingerprint density at radius 1 is 1.12 bits per heavy atom. The van der Waals surface area contributed by atoms with Crippen molar-refractivity contribution in [2.24, 2.45) is 5.41 Å². The molecule has 1 atom stereocenters. The molecule has 33 heavy (non-hydrogen) atoms. The number of aromatic nitrogens is 5. The minimum atomic E-state index is -0.237. The summed E-state index contributed by atoms with van der Waals surface area (Å²) in [6, 6.07) is 14.2. The number of hydrogen-bond donors (Lipinski definition) is 2. The minimum Gasteiger partial charge on any atom is -0.373 e. The van der Waals surface area contributed by atoms with Gasteiger partial charge in [-0.3, -0.25) is 0 Å². The van der Waals surface area contributed by atoms with Crippen LogP contribution in [0, 0.1) is 5.41 Å². The Bertz CT molecular complexity index is 1270. The molecule has 0 amide bonds. The number of rotatable bonds is 7. The van der Waals surface area contributed by atoms with Crippen molar-refractivity contribution in [1.82, 2.24) is 25.0 Å². The van der Waals surface area contributed by atoms with Gasteiger partial charge in [-0.25, -0.2) is 14.6 Å². The molecule has 1 aliphatic rings. The summed E-state index contributed by atoms with van der Waals surface area (Å²) in [4.78, 5) is 8.93. The van der Waals surface area contributed by atoms with Crippen LogP contribution in [0.2, 0.25) is 5.02 Å². The predicted molar refractivity (Wildman–Crippen MR) is 133 cm³/mol. The molecule has 1 aliphatic carbocycles. The second-order valence-electron chi connectivity index (χ2n) is 9.82. The van der Waals surface area contributed by atoms with Crippen LogP contribution in [0.25, 0.3) is 10.9 Å². The molecule has 0 radical (unpaired) electrons. The summed E-state index contributed by atoms with van der Waals surface area (Å²) < 4.78 is 1.96. The number of anilines is 2. The lowest BCUT2D eigenvalue weighted by molar-refractivity contribution is 0.442. The first kappa shape index (κ1) is 21.6. The van der Waals surface area contributed by atoms with E-state index in [-0.39, 0.29) is 11.5 Å². The SMILES string of the molecule is CC(C)(C)CNc1ncnc2ccc(N[C@H](c3cn(C4CC4)nn3)c3ccccc3Cl)cc12. The first-order valence-corrected chi connectivity index (χ1v) is 11.7. The Labute approximate surface area is 198 Å². The van der Waals surface area contributed by atoms with Crippen LogP contribution in [0.15, 0.2) is 55.0 Å². The molecule has 0 saturated heterocycles. The van der Waals surface area contributed by atoms with Crippen molar-refractivity contribution in [2.75, 3.05) is 17.2 Å². The average Bonchev–Trinajstić information content (AvgIpc) is 3.53. The number of nitrogens with zero attached hydrogens (tertiary/aromatic N) is 5. The van der Waals surface area contributed by atoms with Crippen molar-refractivity contribution in [3.05, 3.63) is 71.3 Å². The smallest absolute Gasteiger partial charge is 0.137 e. The van der Waals surface area contributed by atoms with Gasteiger partial charge < -0.3 is 10.6 Å². The molecule has 2 aromatic carbocycles. The lowest BCUT2D eigenvalue weighted by Crippen LogP contribution is -2.19. The summed E-state index contributed by atoms with van der Waals surface area (Å²) in [6.07, 6.45) is 5.94. The summed E-state index contributed by atoms with van der Waals surface area (Å²) in [7, 11) is 0. The summed E-state index contributed by atoms with van der Waals surface area (Å²) in [5.41, 5.74) is 3.75. The van der Waals surface area contributed by atoms with Crippen LogP contribution >= 0.6 is 11.6 Å². The Morgan fingerprint density at radius 2 is 1.94 bits per heavy atom. The maximum absolute atomic E-state index is 6.60. The molecule has 2 aromatic heterocycles. The van der Waals surface area contributed by atoms with Crippen molar-refractivity contribution in [3.8, 4) is 0 Å². The third-order valence-corrected chi connectivity index (χ3v) is 6.04. The van der Waals surface area contributed by atoms with E-state index in [4.69, 9.17) is 11.6 Å². The number of nitrogens with one attached hydrogen (secondary N) is 2. The number of hydrogen-bond acceptors (Lipinski definition) is 6. The van der Waals surface area contributed by atoms with Crippen LogP contribution in [0.4, 0.5) is 11.5 Å². The van der Waals surface area contributed by atoms with E-state index >= 15 is 0 Å². The Morgan fingerprint density at radius 3 is 2.70 bits per heavy atom. The van der Waals surface area contributed by atoms with Crippen molar-refractivity contribution >= 4 is 34.0 Å². The molecular weight excluding hydrogens is 434 g/mol. The molecule has 8 heteroatoms. The van der Waals surface area contributed by atoms with Gasteiger partial charge in [-0.05, 0) is 48.1 Å². The predicted octanol–water partition coefficient (Wildman–Crippen LogP) is 5.87. The van der Waals surface area contributed by atoms with Crippen LogP contribution in [0.5, 0.6) is 0 Å². The van der Waals surface area contributed by atoms with Crippen molar-refractivity contribution in [2.45, 2.75) is 45.7 Å². The second-order valence-corrected chi connectivity index (χ2v) is 10.2. The minimum absolute atomic E-state index is 0.135. The Kier molecular flexibility index (Phi) is 5.66. The van der Waals surface area contributed by atoms with Gasteiger partial charge in [0.1, 0.15) is 17.8 Å². The van der Waals surface area contributed by atoms with Crippen molar-refractivity contribution < 1.29 is 0 Å². The van der Waals surface area contributed by atoms with Crippen LogP contribution in [-0.2, 0) is 0 Å². The van der Waals surface area contributed by atoms with Gasteiger partial charge in [-0.15, -0.1) is 5.10 Å². The molecule has 0 aliphatic heterocycles. The zero-order chi connectivity index (χ0) is 23.0. The van der Waals surface area contributed by atoms with E-state index in [1.807, 2.05) is 47.3 Å². The highest BCUT2D eigenvalue weighted by atomic mass is 35.5. The van der Waals surface area contributed by atoms with Gasteiger partial charge in [0.15, 0.2) is 0 Å². The van der Waals surface area contributed by atoms with Gasteiger partial charge in [-0.1, -0.05) is 55.8 Å².